The van der Waals surface area contributed by atoms with E-state index in [-0.39, 0.29) is 5.56 Å². The molecule has 0 saturated heterocycles. The Kier molecular flexibility index (Phi) is 8.52. The monoisotopic (exact) mass is 450 g/mol. The van der Waals surface area contributed by atoms with Crippen LogP contribution in [0, 0.1) is 0 Å². The number of hydrogen-bond acceptors (Lipinski definition) is 5. The van der Waals surface area contributed by atoms with Crippen molar-refractivity contribution >= 4 is 33.6 Å². The molecule has 3 N–H and O–H groups in total. The summed E-state index contributed by atoms with van der Waals surface area (Å²) in [6, 6.07) is 8.49. The zero-order valence-electron chi connectivity index (χ0n) is 13.5. The van der Waals surface area contributed by atoms with Crippen LogP contribution < -0.4 is 10.1 Å². The summed E-state index contributed by atoms with van der Waals surface area (Å²) in [5, 5.41) is 19.3. The van der Waals surface area contributed by atoms with Crippen LogP contribution in [0.15, 0.2) is 47.2 Å². The SMILES string of the molecule is O=C(O)C(F)(F)F.O=C(O)c1cc(Br)cc(OCCNc2ccncc2)c1. The molecular formula is C16H14BrF3N2O5. The fourth-order valence-corrected chi connectivity index (χ4v) is 2.08. The first-order valence-electron chi connectivity index (χ1n) is 7.20. The van der Waals surface area contributed by atoms with Crippen LogP contribution in [-0.2, 0) is 4.79 Å². The summed E-state index contributed by atoms with van der Waals surface area (Å²) >= 11 is 3.26. The van der Waals surface area contributed by atoms with Crippen molar-refractivity contribution in [1.29, 1.82) is 0 Å². The van der Waals surface area contributed by atoms with Gasteiger partial charge in [0.2, 0.25) is 0 Å². The lowest BCUT2D eigenvalue weighted by Gasteiger charge is -2.09. The number of benzene rings is 1. The third-order valence-electron chi connectivity index (χ3n) is 2.74. The van der Waals surface area contributed by atoms with E-state index in [2.05, 4.69) is 26.2 Å². The maximum Gasteiger partial charge on any atom is 0.490 e. The molecule has 11 heteroatoms. The minimum atomic E-state index is -5.08. The largest absolute Gasteiger partial charge is 0.492 e. The highest BCUT2D eigenvalue weighted by Gasteiger charge is 2.38. The summed E-state index contributed by atoms with van der Waals surface area (Å²) in [6.45, 7) is 1.04. The molecule has 0 aliphatic rings. The third kappa shape index (κ3) is 8.90. The second kappa shape index (κ2) is 10.4. The first kappa shape index (κ1) is 22.2. The molecule has 0 aliphatic carbocycles. The van der Waals surface area contributed by atoms with E-state index >= 15 is 0 Å². The molecule has 0 spiro atoms. The Balaban J connectivity index is 0.000000445. The zero-order valence-corrected chi connectivity index (χ0v) is 15.1. The molecule has 0 fully saturated rings. The topological polar surface area (TPSA) is 109 Å². The van der Waals surface area contributed by atoms with Gasteiger partial charge in [-0.2, -0.15) is 13.2 Å². The highest BCUT2D eigenvalue weighted by Crippen LogP contribution is 2.21. The zero-order chi connectivity index (χ0) is 20.4. The number of aliphatic carboxylic acids is 1. The minimum absolute atomic E-state index is 0.191. The van der Waals surface area contributed by atoms with Crippen molar-refractivity contribution in [3.8, 4) is 5.75 Å². The first-order valence-corrected chi connectivity index (χ1v) is 7.99. The van der Waals surface area contributed by atoms with Gasteiger partial charge < -0.3 is 20.3 Å². The number of nitrogens with one attached hydrogen (secondary N) is 1. The molecule has 2 aromatic rings. The summed E-state index contributed by atoms with van der Waals surface area (Å²) in [5.41, 5.74) is 1.15. The minimum Gasteiger partial charge on any atom is -0.492 e. The van der Waals surface area contributed by atoms with Crippen LogP contribution in [0.4, 0.5) is 18.9 Å². The summed E-state index contributed by atoms with van der Waals surface area (Å²) in [6.07, 6.45) is -1.67. The molecule has 1 aromatic carbocycles. The molecule has 27 heavy (non-hydrogen) atoms. The van der Waals surface area contributed by atoms with Crippen LogP contribution in [0.25, 0.3) is 0 Å². The Bertz CT molecular complexity index is 772. The van der Waals surface area contributed by atoms with Crippen molar-refractivity contribution in [3.63, 3.8) is 0 Å². The highest BCUT2D eigenvalue weighted by molar-refractivity contribution is 9.10. The molecule has 0 aliphatic heterocycles. The predicted octanol–water partition coefficient (Wildman–Crippen LogP) is 3.67. The number of carboxylic acid groups (broad SMARTS) is 2. The summed E-state index contributed by atoms with van der Waals surface area (Å²) in [7, 11) is 0. The highest BCUT2D eigenvalue weighted by atomic mass is 79.9. The van der Waals surface area contributed by atoms with Gasteiger partial charge in [-0.1, -0.05) is 15.9 Å². The number of rotatable bonds is 6. The molecule has 146 valence electrons. The number of aromatic carboxylic acids is 1. The average Bonchev–Trinajstić information content (AvgIpc) is 2.59. The van der Waals surface area contributed by atoms with Gasteiger partial charge >= 0.3 is 18.1 Å². The predicted molar refractivity (Wildman–Crippen MR) is 93.0 cm³/mol. The normalized spacial score (nSPS) is 10.4. The average molecular weight is 451 g/mol. The number of carboxylic acids is 2. The van der Waals surface area contributed by atoms with Crippen LogP contribution in [0.5, 0.6) is 5.75 Å². The van der Waals surface area contributed by atoms with Crippen molar-refractivity contribution < 1.29 is 37.7 Å². The number of halogens is 4. The van der Waals surface area contributed by atoms with E-state index < -0.39 is 18.1 Å². The maximum atomic E-state index is 10.9. The summed E-state index contributed by atoms with van der Waals surface area (Å²) in [4.78, 5) is 23.7. The molecule has 0 bridgehead atoms. The van der Waals surface area contributed by atoms with Gasteiger partial charge in [-0.25, -0.2) is 9.59 Å². The number of pyridine rings is 1. The fraction of sp³-hybridized carbons (Fsp3) is 0.188. The van der Waals surface area contributed by atoms with Crippen molar-refractivity contribution in [3.05, 3.63) is 52.8 Å². The number of hydrogen-bond donors (Lipinski definition) is 3. The number of alkyl halides is 3. The number of carbonyl (C=O) groups is 2. The first-order chi connectivity index (χ1) is 12.6. The molecule has 2 rings (SSSR count). The van der Waals surface area contributed by atoms with Gasteiger partial charge in [0.1, 0.15) is 12.4 Å². The molecule has 1 aromatic heterocycles. The Hall–Kier alpha value is -2.82. The second-order valence-electron chi connectivity index (χ2n) is 4.79. The van der Waals surface area contributed by atoms with E-state index in [0.29, 0.717) is 23.4 Å². The standard InChI is InChI=1S/C14H13BrN2O3.C2HF3O2/c15-11-7-10(14(18)19)8-13(9-11)20-6-5-17-12-1-3-16-4-2-12;3-2(4,5)1(6)7/h1-4,7-9H,5-6H2,(H,16,17)(H,18,19);(H,6,7). The number of nitrogens with zero attached hydrogens (tertiary/aromatic N) is 1. The summed E-state index contributed by atoms with van der Waals surface area (Å²) in [5.74, 6) is -3.22. The lowest BCUT2D eigenvalue weighted by molar-refractivity contribution is -0.192. The number of aromatic nitrogens is 1. The third-order valence-corrected chi connectivity index (χ3v) is 3.20. The van der Waals surface area contributed by atoms with Gasteiger partial charge in [0.25, 0.3) is 0 Å². The lowest BCUT2D eigenvalue weighted by atomic mass is 10.2. The van der Waals surface area contributed by atoms with Gasteiger partial charge in [-0.15, -0.1) is 0 Å². The molecule has 0 amide bonds. The van der Waals surface area contributed by atoms with E-state index in [0.717, 1.165) is 5.69 Å². The van der Waals surface area contributed by atoms with E-state index in [4.69, 9.17) is 19.7 Å². The quantitative estimate of drug-likeness (QED) is 0.576. The van der Waals surface area contributed by atoms with Crippen LogP contribution in [0.1, 0.15) is 10.4 Å². The number of ether oxygens (including phenoxy) is 1. The molecule has 7 nitrogen and oxygen atoms in total. The Labute approximate surface area is 159 Å². The maximum absolute atomic E-state index is 10.9. The van der Waals surface area contributed by atoms with Gasteiger partial charge in [-0.05, 0) is 30.3 Å². The molecular weight excluding hydrogens is 437 g/mol. The van der Waals surface area contributed by atoms with E-state index in [1.54, 1.807) is 18.5 Å². The molecule has 0 radical (unpaired) electrons. The summed E-state index contributed by atoms with van der Waals surface area (Å²) < 4.78 is 37.9. The molecule has 0 unspecified atom stereocenters. The van der Waals surface area contributed by atoms with Crippen molar-refractivity contribution in [2.24, 2.45) is 0 Å². The van der Waals surface area contributed by atoms with E-state index in [1.807, 2.05) is 12.1 Å². The Morgan fingerprint density at radius 1 is 1.15 bits per heavy atom. The van der Waals surface area contributed by atoms with E-state index in [9.17, 15) is 18.0 Å². The van der Waals surface area contributed by atoms with Crippen molar-refractivity contribution in [1.82, 2.24) is 4.98 Å². The van der Waals surface area contributed by atoms with Gasteiger partial charge in [0.15, 0.2) is 0 Å². The molecule has 1 heterocycles. The van der Waals surface area contributed by atoms with Crippen LogP contribution in [0.3, 0.4) is 0 Å². The van der Waals surface area contributed by atoms with Crippen LogP contribution in [-0.4, -0.2) is 46.5 Å². The second-order valence-corrected chi connectivity index (χ2v) is 5.71. The van der Waals surface area contributed by atoms with Crippen LogP contribution in [0.2, 0.25) is 0 Å². The molecule has 0 atom stereocenters. The Morgan fingerprint density at radius 2 is 1.74 bits per heavy atom. The van der Waals surface area contributed by atoms with Crippen molar-refractivity contribution in [2.75, 3.05) is 18.5 Å². The number of anilines is 1. The smallest absolute Gasteiger partial charge is 0.490 e. The lowest BCUT2D eigenvalue weighted by Crippen LogP contribution is -2.21. The molecule has 0 saturated carbocycles. The van der Waals surface area contributed by atoms with Crippen molar-refractivity contribution in [2.45, 2.75) is 6.18 Å². The van der Waals surface area contributed by atoms with Gasteiger partial charge in [0, 0.05) is 29.1 Å². The van der Waals surface area contributed by atoms with Gasteiger partial charge in [0.05, 0.1) is 5.56 Å². The Morgan fingerprint density at radius 3 is 2.26 bits per heavy atom. The van der Waals surface area contributed by atoms with Crippen LogP contribution >= 0.6 is 15.9 Å². The fourth-order valence-electron chi connectivity index (χ4n) is 1.60. The van der Waals surface area contributed by atoms with E-state index in [1.165, 1.54) is 12.1 Å². The van der Waals surface area contributed by atoms with Gasteiger partial charge in [-0.3, -0.25) is 4.98 Å².